The van der Waals surface area contributed by atoms with Crippen molar-refractivity contribution in [2.45, 2.75) is 27.4 Å². The van der Waals surface area contributed by atoms with E-state index in [1.807, 2.05) is 13.8 Å². The molecule has 4 nitrogen and oxygen atoms in total. The number of carbonyl (C=O) groups excluding carboxylic acids is 1. The molecule has 13 heavy (non-hydrogen) atoms. The van der Waals surface area contributed by atoms with E-state index in [0.29, 0.717) is 0 Å². The van der Waals surface area contributed by atoms with Crippen molar-refractivity contribution in [3.63, 3.8) is 0 Å². The van der Waals surface area contributed by atoms with Gasteiger partial charge in [-0.15, -0.1) is 0 Å². The van der Waals surface area contributed by atoms with E-state index < -0.39 is 0 Å². The molecule has 0 aromatic carbocycles. The molecular weight excluding hydrogens is 168 g/mol. The zero-order chi connectivity index (χ0) is 9.84. The number of hydrogen-bond acceptors (Lipinski definition) is 4. The van der Waals surface area contributed by atoms with E-state index in [1.54, 1.807) is 6.20 Å². The fourth-order valence-corrected chi connectivity index (χ4v) is 0.929. The summed E-state index contributed by atoms with van der Waals surface area (Å²) in [5.74, 6) is 0.434. The maximum Gasteiger partial charge on any atom is 0.302 e. The molecule has 1 aromatic rings. The van der Waals surface area contributed by atoms with Crippen LogP contribution in [-0.2, 0) is 16.1 Å². The van der Waals surface area contributed by atoms with Crippen molar-refractivity contribution >= 4 is 5.97 Å². The zero-order valence-electron chi connectivity index (χ0n) is 8.00. The first-order chi connectivity index (χ1) is 6.09. The van der Waals surface area contributed by atoms with E-state index in [0.717, 1.165) is 17.1 Å². The topological polar surface area (TPSA) is 52.1 Å². The summed E-state index contributed by atoms with van der Waals surface area (Å²) in [5.41, 5.74) is 1.70. The van der Waals surface area contributed by atoms with Crippen LogP contribution >= 0.6 is 0 Å². The van der Waals surface area contributed by atoms with Gasteiger partial charge in [-0.2, -0.15) is 0 Å². The maximum absolute atomic E-state index is 10.5. The molecule has 0 aliphatic heterocycles. The van der Waals surface area contributed by atoms with Crippen molar-refractivity contribution in [2.75, 3.05) is 0 Å². The Labute approximate surface area is 77.0 Å². The number of rotatable bonds is 2. The van der Waals surface area contributed by atoms with E-state index in [9.17, 15) is 4.79 Å². The minimum Gasteiger partial charge on any atom is -0.461 e. The first-order valence-electron chi connectivity index (χ1n) is 4.02. The number of aromatic nitrogens is 2. The predicted octanol–water partition coefficient (Wildman–Crippen LogP) is 1.16. The van der Waals surface area contributed by atoms with Crippen molar-refractivity contribution in [1.82, 2.24) is 9.97 Å². The first-order valence-corrected chi connectivity index (χ1v) is 4.02. The Morgan fingerprint density at radius 3 is 2.77 bits per heavy atom. The molecule has 0 aliphatic rings. The molecule has 0 atom stereocenters. The number of ether oxygens (including phenoxy) is 1. The number of nitrogens with zero attached hydrogens (tertiary/aromatic N) is 2. The molecule has 0 saturated heterocycles. The average Bonchev–Trinajstić information content (AvgIpc) is 2.02. The smallest absolute Gasteiger partial charge is 0.302 e. The van der Waals surface area contributed by atoms with Crippen molar-refractivity contribution in [1.29, 1.82) is 0 Å². The molecule has 0 radical (unpaired) electrons. The minimum absolute atomic E-state index is 0.251. The first kappa shape index (κ1) is 9.64. The van der Waals surface area contributed by atoms with Gasteiger partial charge in [0.2, 0.25) is 0 Å². The molecule has 0 saturated carbocycles. The molecule has 1 aromatic heterocycles. The van der Waals surface area contributed by atoms with Crippen molar-refractivity contribution in [3.05, 3.63) is 23.3 Å². The third-order valence-electron chi connectivity index (χ3n) is 1.63. The van der Waals surface area contributed by atoms with Crippen molar-refractivity contribution < 1.29 is 9.53 Å². The second kappa shape index (κ2) is 3.98. The van der Waals surface area contributed by atoms with E-state index in [4.69, 9.17) is 4.74 Å². The molecule has 4 heteroatoms. The molecule has 0 unspecified atom stereocenters. The standard InChI is InChI=1S/C9H12N2O2/c1-6-9(5-13-8(3)12)4-10-7(2)11-6/h4H,5H2,1-3H3. The molecule has 70 valence electrons. The maximum atomic E-state index is 10.5. The molecule has 1 heterocycles. The van der Waals surface area contributed by atoms with Crippen LogP contribution in [-0.4, -0.2) is 15.9 Å². The summed E-state index contributed by atoms with van der Waals surface area (Å²) in [7, 11) is 0. The van der Waals surface area contributed by atoms with Crippen LogP contribution in [0, 0.1) is 13.8 Å². The Morgan fingerprint density at radius 2 is 2.23 bits per heavy atom. The lowest BCUT2D eigenvalue weighted by atomic mass is 10.2. The van der Waals surface area contributed by atoms with Crippen LogP contribution in [0.25, 0.3) is 0 Å². The molecule has 0 aliphatic carbocycles. The SMILES string of the molecule is CC(=O)OCc1cnc(C)nc1C. The summed E-state index contributed by atoms with van der Waals surface area (Å²) in [6, 6.07) is 0. The lowest BCUT2D eigenvalue weighted by Gasteiger charge is -2.04. The Bertz CT molecular complexity index is 323. The largest absolute Gasteiger partial charge is 0.461 e. The average molecular weight is 180 g/mol. The second-order valence-electron chi connectivity index (χ2n) is 2.81. The second-order valence-corrected chi connectivity index (χ2v) is 2.81. The van der Waals surface area contributed by atoms with E-state index in [-0.39, 0.29) is 12.6 Å². The molecule has 0 fully saturated rings. The highest BCUT2D eigenvalue weighted by molar-refractivity contribution is 5.65. The normalized spacial score (nSPS) is 9.77. The summed E-state index contributed by atoms with van der Waals surface area (Å²) in [6.07, 6.45) is 1.68. The van der Waals surface area contributed by atoms with Gasteiger partial charge in [0.15, 0.2) is 0 Å². The van der Waals surface area contributed by atoms with Crippen LogP contribution in [0.4, 0.5) is 0 Å². The number of hydrogen-bond donors (Lipinski definition) is 0. The lowest BCUT2D eigenvalue weighted by molar-refractivity contribution is -0.142. The Morgan fingerprint density at radius 1 is 1.54 bits per heavy atom. The fraction of sp³-hybridized carbons (Fsp3) is 0.444. The lowest BCUT2D eigenvalue weighted by Crippen LogP contribution is -2.03. The van der Waals surface area contributed by atoms with Gasteiger partial charge < -0.3 is 4.74 Å². The molecule has 0 spiro atoms. The van der Waals surface area contributed by atoms with E-state index in [1.165, 1.54) is 6.92 Å². The van der Waals surface area contributed by atoms with Gasteiger partial charge in [-0.1, -0.05) is 0 Å². The number of esters is 1. The monoisotopic (exact) mass is 180 g/mol. The van der Waals surface area contributed by atoms with Crippen LogP contribution in [0.3, 0.4) is 0 Å². The van der Waals surface area contributed by atoms with E-state index in [2.05, 4.69) is 9.97 Å². The molecule has 0 N–H and O–H groups in total. The highest BCUT2D eigenvalue weighted by Gasteiger charge is 2.02. The molecular formula is C9H12N2O2. The van der Waals surface area contributed by atoms with Gasteiger partial charge in [0.25, 0.3) is 0 Å². The summed E-state index contributed by atoms with van der Waals surface area (Å²) in [4.78, 5) is 18.7. The highest BCUT2D eigenvalue weighted by atomic mass is 16.5. The van der Waals surface area contributed by atoms with Gasteiger partial charge >= 0.3 is 5.97 Å². The van der Waals surface area contributed by atoms with Crippen LogP contribution in [0.1, 0.15) is 24.0 Å². The van der Waals surface area contributed by atoms with E-state index >= 15 is 0 Å². The summed E-state index contributed by atoms with van der Waals surface area (Å²) < 4.78 is 4.83. The minimum atomic E-state index is -0.292. The molecule has 0 amide bonds. The van der Waals surface area contributed by atoms with Gasteiger partial charge in [-0.3, -0.25) is 4.79 Å². The van der Waals surface area contributed by atoms with Crippen LogP contribution in [0.5, 0.6) is 0 Å². The Balaban J connectivity index is 2.72. The van der Waals surface area contributed by atoms with Crippen LogP contribution < -0.4 is 0 Å². The third-order valence-corrected chi connectivity index (χ3v) is 1.63. The summed E-state index contributed by atoms with van der Waals surface area (Å²) in [6.45, 7) is 5.32. The van der Waals surface area contributed by atoms with Gasteiger partial charge in [0.1, 0.15) is 12.4 Å². The Kier molecular flexibility index (Phi) is 2.95. The fourth-order valence-electron chi connectivity index (χ4n) is 0.929. The summed E-state index contributed by atoms with van der Waals surface area (Å²) >= 11 is 0. The van der Waals surface area contributed by atoms with Gasteiger partial charge in [0.05, 0.1) is 0 Å². The van der Waals surface area contributed by atoms with Gasteiger partial charge in [-0.25, -0.2) is 9.97 Å². The van der Waals surface area contributed by atoms with Crippen molar-refractivity contribution in [2.24, 2.45) is 0 Å². The van der Waals surface area contributed by atoms with Crippen LogP contribution in [0.2, 0.25) is 0 Å². The highest BCUT2D eigenvalue weighted by Crippen LogP contribution is 2.05. The number of carbonyl (C=O) groups is 1. The van der Waals surface area contributed by atoms with Gasteiger partial charge in [0, 0.05) is 24.4 Å². The Hall–Kier alpha value is -1.45. The summed E-state index contributed by atoms with van der Waals surface area (Å²) in [5, 5.41) is 0. The molecule has 0 bridgehead atoms. The van der Waals surface area contributed by atoms with Gasteiger partial charge in [-0.05, 0) is 13.8 Å². The zero-order valence-corrected chi connectivity index (χ0v) is 8.00. The molecule has 1 rings (SSSR count). The predicted molar refractivity (Wildman–Crippen MR) is 47.0 cm³/mol. The number of aryl methyl sites for hydroxylation is 2. The third kappa shape index (κ3) is 2.82. The van der Waals surface area contributed by atoms with Crippen molar-refractivity contribution in [3.8, 4) is 0 Å². The van der Waals surface area contributed by atoms with Crippen LogP contribution in [0.15, 0.2) is 6.20 Å². The quantitative estimate of drug-likeness (QED) is 0.641.